The quantitative estimate of drug-likeness (QED) is 0.675. The second-order valence-corrected chi connectivity index (χ2v) is 5.96. The van der Waals surface area contributed by atoms with Crippen LogP contribution in [0.15, 0.2) is 0 Å². The molecule has 0 aliphatic carbocycles. The van der Waals surface area contributed by atoms with E-state index >= 15 is 0 Å². The molecule has 1 saturated heterocycles. The molecular weight excluding hydrogens is 204 g/mol. The van der Waals surface area contributed by atoms with E-state index in [1.54, 1.807) is 0 Å². The number of nitrogens with one attached hydrogen (secondary N) is 1. The van der Waals surface area contributed by atoms with Crippen LogP contribution in [0.5, 0.6) is 0 Å². The van der Waals surface area contributed by atoms with Gasteiger partial charge in [0.1, 0.15) is 0 Å². The van der Waals surface area contributed by atoms with Crippen molar-refractivity contribution in [2.24, 2.45) is 0 Å². The van der Waals surface area contributed by atoms with Crippen LogP contribution < -0.4 is 5.32 Å². The molecule has 0 bridgehead atoms. The lowest BCUT2D eigenvalue weighted by Gasteiger charge is -2.23. The third-order valence-corrected chi connectivity index (χ3v) is 4.16. The van der Waals surface area contributed by atoms with Crippen molar-refractivity contribution in [3.8, 4) is 0 Å². The van der Waals surface area contributed by atoms with Gasteiger partial charge in [0.05, 0.1) is 0 Å². The fourth-order valence-electron chi connectivity index (χ4n) is 1.93. The number of rotatable bonds is 7. The zero-order valence-corrected chi connectivity index (χ0v) is 11.3. The highest BCUT2D eigenvalue weighted by molar-refractivity contribution is 7.99. The summed E-state index contributed by atoms with van der Waals surface area (Å²) in [5.41, 5.74) is 0. The molecule has 1 fully saturated rings. The summed E-state index contributed by atoms with van der Waals surface area (Å²) in [6, 6.07) is 1.49. The lowest BCUT2D eigenvalue weighted by molar-refractivity contribution is 0.257. The highest BCUT2D eigenvalue weighted by atomic mass is 32.2. The van der Waals surface area contributed by atoms with E-state index in [4.69, 9.17) is 0 Å². The Morgan fingerprint density at radius 3 is 2.80 bits per heavy atom. The molecule has 0 radical (unpaired) electrons. The van der Waals surface area contributed by atoms with Crippen molar-refractivity contribution in [1.82, 2.24) is 10.2 Å². The van der Waals surface area contributed by atoms with Crippen molar-refractivity contribution in [1.29, 1.82) is 0 Å². The number of hydrogen-bond acceptors (Lipinski definition) is 3. The van der Waals surface area contributed by atoms with E-state index in [0.29, 0.717) is 6.04 Å². The number of hydrogen-bond donors (Lipinski definition) is 1. The first-order chi connectivity index (χ1) is 7.20. The smallest absolute Gasteiger partial charge is 0.0191 e. The molecule has 2 nitrogen and oxygen atoms in total. The van der Waals surface area contributed by atoms with E-state index in [0.717, 1.165) is 6.04 Å². The minimum Gasteiger partial charge on any atom is -0.315 e. The van der Waals surface area contributed by atoms with Crippen molar-refractivity contribution < 1.29 is 0 Å². The molecule has 1 aliphatic heterocycles. The Morgan fingerprint density at radius 1 is 1.40 bits per heavy atom. The van der Waals surface area contributed by atoms with Crippen LogP contribution in [0.4, 0.5) is 0 Å². The number of unbranched alkanes of at least 4 members (excludes halogenated alkanes) is 1. The van der Waals surface area contributed by atoms with Gasteiger partial charge >= 0.3 is 0 Å². The van der Waals surface area contributed by atoms with Gasteiger partial charge in [-0.15, -0.1) is 0 Å². The van der Waals surface area contributed by atoms with Crippen LogP contribution in [0.3, 0.4) is 0 Å². The first kappa shape index (κ1) is 13.3. The Hall–Kier alpha value is 0.270. The first-order valence-electron chi connectivity index (χ1n) is 6.21. The largest absolute Gasteiger partial charge is 0.315 e. The fraction of sp³-hybridized carbons (Fsp3) is 1.00. The molecule has 0 aromatic rings. The average Bonchev–Trinajstić information content (AvgIpc) is 2.69. The summed E-state index contributed by atoms with van der Waals surface area (Å²) < 4.78 is 0. The van der Waals surface area contributed by atoms with Gasteiger partial charge in [-0.25, -0.2) is 0 Å². The highest BCUT2D eigenvalue weighted by Crippen LogP contribution is 2.21. The van der Waals surface area contributed by atoms with Gasteiger partial charge in [0, 0.05) is 17.8 Å². The second kappa shape index (κ2) is 7.53. The molecule has 3 heteroatoms. The van der Waals surface area contributed by atoms with Crippen LogP contribution in [0.1, 0.15) is 33.1 Å². The maximum atomic E-state index is 3.47. The zero-order valence-electron chi connectivity index (χ0n) is 10.5. The number of thioether (sulfide) groups is 1. The van der Waals surface area contributed by atoms with Crippen molar-refractivity contribution in [3.63, 3.8) is 0 Å². The standard InChI is InChI=1S/C12H26N2S/c1-11(2)13-7-4-5-8-14(3)12-6-9-15-10-12/h11-13H,4-10H2,1-3H3. The zero-order chi connectivity index (χ0) is 11.1. The van der Waals surface area contributed by atoms with Gasteiger partial charge in [-0.2, -0.15) is 11.8 Å². The summed E-state index contributed by atoms with van der Waals surface area (Å²) in [6.07, 6.45) is 4.03. The van der Waals surface area contributed by atoms with Crippen LogP contribution in [0, 0.1) is 0 Å². The monoisotopic (exact) mass is 230 g/mol. The fourth-order valence-corrected chi connectivity index (χ4v) is 3.23. The molecule has 0 aromatic heterocycles. The summed E-state index contributed by atoms with van der Waals surface area (Å²) >= 11 is 2.10. The lowest BCUT2D eigenvalue weighted by Crippen LogP contribution is -2.32. The van der Waals surface area contributed by atoms with Crippen LogP contribution in [0.2, 0.25) is 0 Å². The van der Waals surface area contributed by atoms with E-state index in [-0.39, 0.29) is 0 Å². The van der Waals surface area contributed by atoms with Crippen LogP contribution in [0.25, 0.3) is 0 Å². The molecule has 1 aliphatic rings. The Bertz CT molecular complexity index is 156. The summed E-state index contributed by atoms with van der Waals surface area (Å²) in [4.78, 5) is 2.55. The Labute approximate surface area is 99.2 Å². The molecule has 1 N–H and O–H groups in total. The third kappa shape index (κ3) is 5.79. The molecule has 90 valence electrons. The maximum Gasteiger partial charge on any atom is 0.0191 e. The van der Waals surface area contributed by atoms with Gasteiger partial charge < -0.3 is 10.2 Å². The van der Waals surface area contributed by atoms with Crippen molar-refractivity contribution in [2.45, 2.75) is 45.2 Å². The van der Waals surface area contributed by atoms with E-state index in [1.807, 2.05) is 0 Å². The Balaban J connectivity index is 1.94. The normalized spacial score (nSPS) is 21.8. The third-order valence-electron chi connectivity index (χ3n) is 3.02. The minimum atomic E-state index is 0.633. The van der Waals surface area contributed by atoms with E-state index < -0.39 is 0 Å². The van der Waals surface area contributed by atoms with Crippen LogP contribution in [-0.2, 0) is 0 Å². The molecular formula is C12H26N2S. The molecule has 15 heavy (non-hydrogen) atoms. The topological polar surface area (TPSA) is 15.3 Å². The van der Waals surface area contributed by atoms with Gasteiger partial charge in [0.15, 0.2) is 0 Å². The average molecular weight is 230 g/mol. The molecule has 0 saturated carbocycles. The van der Waals surface area contributed by atoms with Crippen molar-refractivity contribution in [3.05, 3.63) is 0 Å². The molecule has 1 rings (SSSR count). The van der Waals surface area contributed by atoms with Gasteiger partial charge in [0.25, 0.3) is 0 Å². The molecule has 0 aromatic carbocycles. The molecule has 1 heterocycles. The van der Waals surface area contributed by atoms with E-state index in [2.05, 4.69) is 42.9 Å². The summed E-state index contributed by atoms with van der Waals surface area (Å²) in [6.45, 7) is 6.86. The predicted octanol–water partition coefficient (Wildman–Crippen LogP) is 2.20. The maximum absolute atomic E-state index is 3.47. The van der Waals surface area contributed by atoms with E-state index in [9.17, 15) is 0 Å². The summed E-state index contributed by atoms with van der Waals surface area (Å²) in [5.74, 6) is 2.71. The second-order valence-electron chi connectivity index (χ2n) is 4.81. The van der Waals surface area contributed by atoms with Crippen LogP contribution in [-0.4, -0.2) is 48.6 Å². The molecule has 0 spiro atoms. The minimum absolute atomic E-state index is 0.633. The van der Waals surface area contributed by atoms with Gasteiger partial charge in [-0.05, 0) is 45.2 Å². The lowest BCUT2D eigenvalue weighted by atomic mass is 10.2. The van der Waals surface area contributed by atoms with Gasteiger partial charge in [-0.3, -0.25) is 0 Å². The van der Waals surface area contributed by atoms with Crippen molar-refractivity contribution in [2.75, 3.05) is 31.6 Å². The number of nitrogens with zero attached hydrogens (tertiary/aromatic N) is 1. The van der Waals surface area contributed by atoms with Crippen LogP contribution >= 0.6 is 11.8 Å². The van der Waals surface area contributed by atoms with Gasteiger partial charge in [0.2, 0.25) is 0 Å². The Morgan fingerprint density at radius 2 is 2.20 bits per heavy atom. The molecule has 1 atom stereocenters. The Kier molecular flexibility index (Phi) is 6.69. The van der Waals surface area contributed by atoms with Crippen molar-refractivity contribution >= 4 is 11.8 Å². The molecule has 0 amide bonds. The predicted molar refractivity (Wildman–Crippen MR) is 70.7 cm³/mol. The highest BCUT2D eigenvalue weighted by Gasteiger charge is 2.18. The van der Waals surface area contributed by atoms with Gasteiger partial charge in [-0.1, -0.05) is 13.8 Å². The molecule has 1 unspecified atom stereocenters. The van der Waals surface area contributed by atoms with E-state index in [1.165, 1.54) is 43.9 Å². The SMILES string of the molecule is CC(C)NCCCCN(C)C1CCSC1. The first-order valence-corrected chi connectivity index (χ1v) is 7.37. The summed E-state index contributed by atoms with van der Waals surface area (Å²) in [7, 11) is 2.28. The summed E-state index contributed by atoms with van der Waals surface area (Å²) in [5, 5.41) is 3.47.